The molecule has 0 radical (unpaired) electrons. The third-order valence-electron chi connectivity index (χ3n) is 2.82. The molecule has 19 heavy (non-hydrogen) atoms. The van der Waals surface area contributed by atoms with Gasteiger partial charge in [0.25, 0.3) is 0 Å². The molecule has 1 atom stereocenters. The van der Waals surface area contributed by atoms with E-state index in [2.05, 4.69) is 0 Å². The first kappa shape index (κ1) is 14.3. The predicted octanol–water partition coefficient (Wildman–Crippen LogP) is 4.51. The molecule has 100 valence electrons. The minimum atomic E-state index is -0.528. The Morgan fingerprint density at radius 3 is 2.37 bits per heavy atom. The molecule has 0 saturated heterocycles. The highest BCUT2D eigenvalue weighted by molar-refractivity contribution is 6.31. The van der Waals surface area contributed by atoms with Crippen molar-refractivity contribution in [2.45, 2.75) is 12.5 Å². The second kappa shape index (κ2) is 5.87. The lowest BCUT2D eigenvalue weighted by molar-refractivity contribution is 0.614. The van der Waals surface area contributed by atoms with E-state index in [-0.39, 0.29) is 10.8 Å². The second-order valence-electron chi connectivity index (χ2n) is 4.22. The van der Waals surface area contributed by atoms with E-state index >= 15 is 0 Å². The summed E-state index contributed by atoms with van der Waals surface area (Å²) in [5, 5.41) is 0.478. The summed E-state index contributed by atoms with van der Waals surface area (Å²) in [6.45, 7) is 0. The van der Waals surface area contributed by atoms with Crippen LogP contribution < -0.4 is 5.73 Å². The molecule has 0 heterocycles. The third-order valence-corrected chi connectivity index (χ3v) is 3.49. The maximum Gasteiger partial charge on any atom is 0.142 e. The van der Waals surface area contributed by atoms with Gasteiger partial charge in [-0.15, -0.1) is 0 Å². The van der Waals surface area contributed by atoms with Gasteiger partial charge >= 0.3 is 0 Å². The quantitative estimate of drug-likeness (QED) is 0.886. The lowest BCUT2D eigenvalue weighted by Gasteiger charge is -2.13. The van der Waals surface area contributed by atoms with E-state index in [1.807, 2.05) is 0 Å². The van der Waals surface area contributed by atoms with Crippen molar-refractivity contribution < 1.29 is 8.78 Å². The van der Waals surface area contributed by atoms with E-state index in [0.717, 1.165) is 0 Å². The molecule has 2 aromatic rings. The van der Waals surface area contributed by atoms with Gasteiger partial charge in [0.2, 0.25) is 0 Å². The molecule has 2 rings (SSSR count). The first-order valence-corrected chi connectivity index (χ1v) is 6.37. The molecule has 5 heteroatoms. The van der Waals surface area contributed by atoms with Gasteiger partial charge in [-0.05, 0) is 47.9 Å². The van der Waals surface area contributed by atoms with Gasteiger partial charge < -0.3 is 5.73 Å². The summed E-state index contributed by atoms with van der Waals surface area (Å²) in [5.74, 6) is -0.908. The van der Waals surface area contributed by atoms with E-state index in [0.29, 0.717) is 22.6 Å². The van der Waals surface area contributed by atoms with E-state index in [9.17, 15) is 8.78 Å². The zero-order valence-corrected chi connectivity index (χ0v) is 11.3. The largest absolute Gasteiger partial charge is 0.324 e. The van der Waals surface area contributed by atoms with Crippen molar-refractivity contribution in [2.75, 3.05) is 0 Å². The maximum absolute atomic E-state index is 13.3. The molecule has 1 unspecified atom stereocenters. The Balaban J connectivity index is 2.22. The molecular weight excluding hydrogens is 291 g/mol. The summed E-state index contributed by atoms with van der Waals surface area (Å²) in [6, 6.07) is 7.96. The highest BCUT2D eigenvalue weighted by Gasteiger charge is 2.12. The van der Waals surface area contributed by atoms with Crippen LogP contribution in [-0.4, -0.2) is 0 Å². The first-order chi connectivity index (χ1) is 8.97. The highest BCUT2D eigenvalue weighted by Crippen LogP contribution is 2.25. The van der Waals surface area contributed by atoms with Crippen LogP contribution in [0.15, 0.2) is 36.4 Å². The monoisotopic (exact) mass is 301 g/mol. The molecule has 0 saturated carbocycles. The smallest absolute Gasteiger partial charge is 0.142 e. The van der Waals surface area contributed by atoms with E-state index in [4.69, 9.17) is 28.9 Å². The van der Waals surface area contributed by atoms with E-state index < -0.39 is 11.9 Å². The number of halogens is 4. The zero-order valence-electron chi connectivity index (χ0n) is 9.84. The molecule has 0 aliphatic heterocycles. The molecule has 0 aliphatic carbocycles. The van der Waals surface area contributed by atoms with Gasteiger partial charge in [0.05, 0.1) is 5.02 Å². The zero-order chi connectivity index (χ0) is 14.0. The second-order valence-corrected chi connectivity index (χ2v) is 5.03. The van der Waals surface area contributed by atoms with Crippen molar-refractivity contribution >= 4 is 23.2 Å². The summed E-state index contributed by atoms with van der Waals surface area (Å²) in [7, 11) is 0. The topological polar surface area (TPSA) is 26.0 Å². The van der Waals surface area contributed by atoms with Crippen molar-refractivity contribution in [3.63, 3.8) is 0 Å². The molecule has 0 aliphatic rings. The summed E-state index contributed by atoms with van der Waals surface area (Å²) in [4.78, 5) is 0. The Bertz CT molecular complexity index is 602. The summed E-state index contributed by atoms with van der Waals surface area (Å²) >= 11 is 11.6. The number of nitrogens with two attached hydrogens (primary N) is 1. The van der Waals surface area contributed by atoms with Crippen LogP contribution in [0.3, 0.4) is 0 Å². The van der Waals surface area contributed by atoms with Crippen LogP contribution in [0.5, 0.6) is 0 Å². The van der Waals surface area contributed by atoms with Gasteiger partial charge in [0, 0.05) is 11.1 Å². The van der Waals surface area contributed by atoms with Crippen molar-refractivity contribution in [3.8, 4) is 0 Å². The van der Waals surface area contributed by atoms with Gasteiger partial charge in [0.15, 0.2) is 0 Å². The molecule has 2 aromatic carbocycles. The predicted molar refractivity (Wildman–Crippen MR) is 73.5 cm³/mol. The van der Waals surface area contributed by atoms with Gasteiger partial charge in [-0.2, -0.15) is 0 Å². The first-order valence-electron chi connectivity index (χ1n) is 5.62. The number of hydrogen-bond acceptors (Lipinski definition) is 1. The Kier molecular flexibility index (Phi) is 4.40. The average molecular weight is 302 g/mol. The summed E-state index contributed by atoms with van der Waals surface area (Å²) < 4.78 is 26.5. The van der Waals surface area contributed by atoms with Crippen molar-refractivity contribution in [3.05, 3.63) is 69.2 Å². The number of rotatable bonds is 3. The summed E-state index contributed by atoms with van der Waals surface area (Å²) in [6.07, 6.45) is 0.317. The maximum atomic E-state index is 13.3. The van der Waals surface area contributed by atoms with Gasteiger partial charge in [0.1, 0.15) is 11.6 Å². The number of benzene rings is 2. The molecule has 1 nitrogen and oxygen atoms in total. The van der Waals surface area contributed by atoms with Crippen LogP contribution in [0.25, 0.3) is 0 Å². The average Bonchev–Trinajstić information content (AvgIpc) is 2.37. The van der Waals surface area contributed by atoms with E-state index in [1.165, 1.54) is 30.3 Å². The van der Waals surface area contributed by atoms with Crippen molar-refractivity contribution in [1.29, 1.82) is 0 Å². The SMILES string of the molecule is NC(Cc1cc(F)ccc1Cl)c1ccc(Cl)c(F)c1. The van der Waals surface area contributed by atoms with Crippen LogP contribution in [0.4, 0.5) is 8.78 Å². The van der Waals surface area contributed by atoms with Crippen molar-refractivity contribution in [2.24, 2.45) is 5.73 Å². The van der Waals surface area contributed by atoms with Gasteiger partial charge in [-0.25, -0.2) is 8.78 Å². The molecule has 2 N–H and O–H groups in total. The summed E-state index contributed by atoms with van der Waals surface area (Å²) in [5.41, 5.74) is 7.15. The van der Waals surface area contributed by atoms with E-state index in [1.54, 1.807) is 6.07 Å². The Hall–Kier alpha value is -1.16. The fourth-order valence-corrected chi connectivity index (χ4v) is 2.11. The Morgan fingerprint density at radius 1 is 1.00 bits per heavy atom. The molecule has 0 bridgehead atoms. The van der Waals surface area contributed by atoms with Crippen LogP contribution in [0.1, 0.15) is 17.2 Å². The lowest BCUT2D eigenvalue weighted by atomic mass is 9.99. The normalized spacial score (nSPS) is 12.5. The molecular formula is C14H11Cl2F2N. The highest BCUT2D eigenvalue weighted by atomic mass is 35.5. The molecule has 0 aromatic heterocycles. The van der Waals surface area contributed by atoms with Crippen LogP contribution in [0.2, 0.25) is 10.0 Å². The molecule has 0 amide bonds. The van der Waals surface area contributed by atoms with Crippen LogP contribution in [0, 0.1) is 11.6 Å². The van der Waals surface area contributed by atoms with Crippen LogP contribution >= 0.6 is 23.2 Å². The van der Waals surface area contributed by atoms with Crippen molar-refractivity contribution in [1.82, 2.24) is 0 Å². The van der Waals surface area contributed by atoms with Gasteiger partial charge in [-0.1, -0.05) is 29.3 Å². The standard InChI is InChI=1S/C14H11Cl2F2N/c15-11-4-2-10(17)5-9(11)7-14(19)8-1-3-12(16)13(18)6-8/h1-6,14H,7,19H2. The fourth-order valence-electron chi connectivity index (χ4n) is 1.80. The minimum absolute atomic E-state index is 0.0414. The Labute approximate surface area is 119 Å². The lowest BCUT2D eigenvalue weighted by Crippen LogP contribution is -2.14. The van der Waals surface area contributed by atoms with Gasteiger partial charge in [-0.3, -0.25) is 0 Å². The Morgan fingerprint density at radius 2 is 1.68 bits per heavy atom. The minimum Gasteiger partial charge on any atom is -0.324 e. The number of hydrogen-bond donors (Lipinski definition) is 1. The van der Waals surface area contributed by atoms with Crippen LogP contribution in [-0.2, 0) is 6.42 Å². The third kappa shape index (κ3) is 3.44. The molecule has 0 fully saturated rings. The molecule has 0 spiro atoms. The fraction of sp³-hybridized carbons (Fsp3) is 0.143.